The second-order valence-corrected chi connectivity index (χ2v) is 11.2. The van der Waals surface area contributed by atoms with Crippen molar-refractivity contribution in [2.24, 2.45) is 0 Å². The number of aromatic nitrogens is 5. The van der Waals surface area contributed by atoms with Crippen LogP contribution in [0.2, 0.25) is 0 Å². The first kappa shape index (κ1) is 24.0. The third-order valence-corrected chi connectivity index (χ3v) is 8.25. The molecule has 1 aliphatic carbocycles. The molecule has 0 aliphatic heterocycles. The third kappa shape index (κ3) is 5.06. The molecule has 192 valence electrons. The molecule has 6 rings (SSSR count). The highest BCUT2D eigenvalue weighted by molar-refractivity contribution is 7.90. The average molecular weight is 527 g/mol. The fraction of sp³-hybridized carbons (Fsp3) is 0.185. The van der Waals surface area contributed by atoms with Crippen molar-refractivity contribution in [3.8, 4) is 22.6 Å². The summed E-state index contributed by atoms with van der Waals surface area (Å²) in [6, 6.07) is 19.4. The zero-order valence-corrected chi connectivity index (χ0v) is 21.5. The van der Waals surface area contributed by atoms with Gasteiger partial charge in [0.2, 0.25) is 16.0 Å². The Morgan fingerprint density at radius 2 is 1.79 bits per heavy atom. The van der Waals surface area contributed by atoms with Crippen LogP contribution in [-0.4, -0.2) is 45.3 Å². The van der Waals surface area contributed by atoms with Gasteiger partial charge >= 0.3 is 0 Å². The predicted octanol–water partition coefficient (Wildman–Crippen LogP) is 4.59. The number of nitrogens with one attached hydrogen (secondary N) is 4. The number of aromatic amines is 1. The number of benzene rings is 2. The van der Waals surface area contributed by atoms with Crippen molar-refractivity contribution in [3.63, 3.8) is 0 Å². The number of hydrogen-bond acceptors (Lipinski definition) is 8. The minimum absolute atomic E-state index is 0.0432. The summed E-state index contributed by atoms with van der Waals surface area (Å²) in [4.78, 5) is 21.6. The van der Waals surface area contributed by atoms with Crippen LogP contribution in [0.1, 0.15) is 18.4 Å². The first-order valence-corrected chi connectivity index (χ1v) is 13.8. The van der Waals surface area contributed by atoms with Gasteiger partial charge in [0, 0.05) is 34.8 Å². The van der Waals surface area contributed by atoms with E-state index in [4.69, 9.17) is 4.98 Å². The van der Waals surface area contributed by atoms with E-state index in [9.17, 15) is 8.42 Å². The zero-order valence-electron chi connectivity index (χ0n) is 20.6. The largest absolute Gasteiger partial charge is 0.356 e. The van der Waals surface area contributed by atoms with Crippen LogP contribution in [0.4, 0.5) is 17.5 Å². The molecule has 11 heteroatoms. The van der Waals surface area contributed by atoms with E-state index in [1.807, 2.05) is 67.6 Å². The molecule has 1 aliphatic rings. The SMILES string of the molecule is Cc1c(NCNS(=O)(=O)C2CC2)nc(Nc2ccc3nc(-c4cccnc4)[nH]c3c2)nc1-c1ccccc1. The summed E-state index contributed by atoms with van der Waals surface area (Å²) < 4.78 is 27.1. The normalized spacial score (nSPS) is 13.5. The molecule has 3 heterocycles. The predicted molar refractivity (Wildman–Crippen MR) is 148 cm³/mol. The monoisotopic (exact) mass is 526 g/mol. The second kappa shape index (κ2) is 9.84. The number of imidazole rings is 1. The summed E-state index contributed by atoms with van der Waals surface area (Å²) in [6.45, 7) is 1.96. The first-order chi connectivity index (χ1) is 18.5. The van der Waals surface area contributed by atoms with E-state index in [1.54, 1.807) is 12.4 Å². The maximum atomic E-state index is 12.3. The smallest absolute Gasteiger partial charge is 0.229 e. The number of nitrogens with zero attached hydrogens (tertiary/aromatic N) is 4. The lowest BCUT2D eigenvalue weighted by molar-refractivity contribution is 0.583. The molecular weight excluding hydrogens is 500 g/mol. The van der Waals surface area contributed by atoms with Crippen molar-refractivity contribution in [1.82, 2.24) is 29.6 Å². The van der Waals surface area contributed by atoms with Crippen LogP contribution in [-0.2, 0) is 10.0 Å². The molecule has 1 fully saturated rings. The van der Waals surface area contributed by atoms with E-state index in [2.05, 4.69) is 35.3 Å². The quantitative estimate of drug-likeness (QED) is 0.205. The number of sulfonamides is 1. The highest BCUT2D eigenvalue weighted by atomic mass is 32.2. The van der Waals surface area contributed by atoms with Crippen LogP contribution in [0.25, 0.3) is 33.7 Å². The van der Waals surface area contributed by atoms with Crippen molar-refractivity contribution in [2.75, 3.05) is 17.3 Å². The summed E-state index contributed by atoms with van der Waals surface area (Å²) in [5, 5.41) is 6.14. The summed E-state index contributed by atoms with van der Waals surface area (Å²) in [7, 11) is -3.31. The highest BCUT2D eigenvalue weighted by Crippen LogP contribution is 2.30. The Morgan fingerprint density at radius 3 is 2.55 bits per heavy atom. The molecule has 10 nitrogen and oxygen atoms in total. The van der Waals surface area contributed by atoms with Crippen LogP contribution in [0, 0.1) is 6.92 Å². The third-order valence-electron chi connectivity index (χ3n) is 6.36. The van der Waals surface area contributed by atoms with Crippen LogP contribution in [0.3, 0.4) is 0 Å². The lowest BCUT2D eigenvalue weighted by Crippen LogP contribution is -2.32. The molecular formula is C27H26N8O2S. The fourth-order valence-corrected chi connectivity index (χ4v) is 5.46. The van der Waals surface area contributed by atoms with Crippen LogP contribution < -0.4 is 15.4 Å². The zero-order chi connectivity index (χ0) is 26.1. The van der Waals surface area contributed by atoms with Gasteiger partial charge in [0.05, 0.1) is 28.6 Å². The molecule has 0 unspecified atom stereocenters. The molecule has 4 N–H and O–H groups in total. The van der Waals surface area contributed by atoms with Crippen LogP contribution in [0.15, 0.2) is 73.1 Å². The molecule has 2 aromatic carbocycles. The molecule has 5 aromatic rings. The van der Waals surface area contributed by atoms with Crippen molar-refractivity contribution in [1.29, 1.82) is 0 Å². The molecule has 0 radical (unpaired) electrons. The Balaban J connectivity index is 1.30. The Hall–Kier alpha value is -4.35. The topological polar surface area (TPSA) is 138 Å². The number of H-pyrrole nitrogens is 1. The molecule has 0 spiro atoms. The summed E-state index contributed by atoms with van der Waals surface area (Å²) >= 11 is 0. The average Bonchev–Trinajstić information content (AvgIpc) is 3.72. The van der Waals surface area contributed by atoms with E-state index in [0.717, 1.165) is 44.9 Å². The fourth-order valence-electron chi connectivity index (χ4n) is 4.19. The summed E-state index contributed by atoms with van der Waals surface area (Å²) in [6.07, 6.45) is 4.91. The van der Waals surface area contributed by atoms with Crippen LogP contribution in [0.5, 0.6) is 0 Å². The molecule has 0 saturated heterocycles. The van der Waals surface area contributed by atoms with E-state index < -0.39 is 10.0 Å². The second-order valence-electron chi connectivity index (χ2n) is 9.16. The van der Waals surface area contributed by atoms with Crippen LogP contribution >= 0.6 is 0 Å². The van der Waals surface area contributed by atoms with E-state index in [-0.39, 0.29) is 11.9 Å². The minimum atomic E-state index is -3.31. The maximum Gasteiger partial charge on any atom is 0.229 e. The van der Waals surface area contributed by atoms with Gasteiger partial charge in [-0.1, -0.05) is 30.3 Å². The van der Waals surface area contributed by atoms with Crippen molar-refractivity contribution < 1.29 is 8.42 Å². The first-order valence-electron chi connectivity index (χ1n) is 12.3. The standard InChI is InChI=1S/C27H26N8O2S/c1-17-24(18-6-3-2-4-7-18)34-27(35-25(17)29-16-30-38(36,37)21-10-11-21)31-20-9-12-22-23(14-20)33-26(32-22)19-8-5-13-28-15-19/h2-9,12-15,21,30H,10-11,16H2,1H3,(H,32,33)(H2,29,31,34,35). The van der Waals surface area contributed by atoms with Gasteiger partial charge in [-0.05, 0) is 50.1 Å². The number of hydrogen-bond donors (Lipinski definition) is 4. The van der Waals surface area contributed by atoms with Gasteiger partial charge in [0.15, 0.2) is 0 Å². The molecule has 0 atom stereocenters. The molecule has 1 saturated carbocycles. The summed E-state index contributed by atoms with van der Waals surface area (Å²) in [5.41, 5.74) is 5.87. The van der Waals surface area contributed by atoms with E-state index in [0.29, 0.717) is 24.6 Å². The number of pyridine rings is 1. The summed E-state index contributed by atoms with van der Waals surface area (Å²) in [5.74, 6) is 1.66. The molecule has 3 aromatic heterocycles. The van der Waals surface area contributed by atoms with E-state index in [1.165, 1.54) is 0 Å². The number of fused-ring (bicyclic) bond motifs is 1. The Labute approximate surface area is 220 Å². The number of anilines is 3. The van der Waals surface area contributed by atoms with Crippen molar-refractivity contribution in [2.45, 2.75) is 25.0 Å². The van der Waals surface area contributed by atoms with Crippen molar-refractivity contribution >= 4 is 38.5 Å². The van der Waals surface area contributed by atoms with Gasteiger partial charge in [0.1, 0.15) is 11.6 Å². The number of rotatable bonds is 9. The maximum absolute atomic E-state index is 12.3. The Bertz CT molecular complexity index is 1700. The van der Waals surface area contributed by atoms with Gasteiger partial charge in [-0.25, -0.2) is 18.4 Å². The Morgan fingerprint density at radius 1 is 0.974 bits per heavy atom. The van der Waals surface area contributed by atoms with Gasteiger partial charge < -0.3 is 15.6 Å². The molecule has 0 bridgehead atoms. The van der Waals surface area contributed by atoms with E-state index >= 15 is 0 Å². The van der Waals surface area contributed by atoms with Gasteiger partial charge in [-0.15, -0.1) is 0 Å². The Kier molecular flexibility index (Phi) is 6.22. The lowest BCUT2D eigenvalue weighted by Gasteiger charge is -2.15. The van der Waals surface area contributed by atoms with Gasteiger partial charge in [-0.2, -0.15) is 9.71 Å². The van der Waals surface area contributed by atoms with Gasteiger partial charge in [-0.3, -0.25) is 4.98 Å². The lowest BCUT2D eigenvalue weighted by atomic mass is 10.1. The van der Waals surface area contributed by atoms with Gasteiger partial charge in [0.25, 0.3) is 0 Å². The minimum Gasteiger partial charge on any atom is -0.356 e. The molecule has 0 amide bonds. The molecule has 38 heavy (non-hydrogen) atoms. The van der Waals surface area contributed by atoms with Crippen molar-refractivity contribution in [3.05, 3.63) is 78.6 Å². The highest BCUT2D eigenvalue weighted by Gasteiger charge is 2.35.